The molecule has 0 aliphatic carbocycles. The maximum atomic E-state index is 14.1. The summed E-state index contributed by atoms with van der Waals surface area (Å²) in [6.45, 7) is 3.37. The number of aromatic nitrogens is 4. The monoisotopic (exact) mass is 449 g/mol. The second-order valence-corrected chi connectivity index (χ2v) is 7.09. The number of anilines is 3. The van der Waals surface area contributed by atoms with Crippen molar-refractivity contribution in [1.82, 2.24) is 25.1 Å². The van der Waals surface area contributed by atoms with Crippen molar-refractivity contribution in [2.75, 3.05) is 17.7 Å². The van der Waals surface area contributed by atoms with E-state index in [1.54, 1.807) is 6.20 Å². The van der Waals surface area contributed by atoms with Gasteiger partial charge in [-0.3, -0.25) is 9.48 Å². The van der Waals surface area contributed by atoms with Crippen LogP contribution < -0.4 is 20.7 Å². The van der Waals surface area contributed by atoms with Crippen molar-refractivity contribution >= 4 is 23.4 Å². The minimum atomic E-state index is -0.837. The standard InChI is InChI=1S/C20H22F3N7O2/c1-11(2)27-18(31)10-30-9-12(6-26-30)28-20-25-8-17(23)19(29-20)24-7-14-15(21)4-13(32-3)5-16(14)22/h4-6,8-9,11H,7,10H2,1-3H3,(H,27,31)(H2,24,25,28,29). The van der Waals surface area contributed by atoms with Crippen LogP contribution in [-0.2, 0) is 17.9 Å². The lowest BCUT2D eigenvalue weighted by Gasteiger charge is -2.11. The largest absolute Gasteiger partial charge is 0.497 e. The molecular weight excluding hydrogens is 427 g/mol. The average Bonchev–Trinajstić information content (AvgIpc) is 3.15. The fourth-order valence-electron chi connectivity index (χ4n) is 2.75. The molecule has 3 N–H and O–H groups in total. The van der Waals surface area contributed by atoms with Crippen molar-refractivity contribution in [3.05, 3.63) is 53.7 Å². The number of carbonyl (C=O) groups is 1. The van der Waals surface area contributed by atoms with Gasteiger partial charge in [-0.2, -0.15) is 10.1 Å². The molecule has 3 aromatic rings. The predicted octanol–water partition coefficient (Wildman–Crippen LogP) is 2.98. The minimum Gasteiger partial charge on any atom is -0.497 e. The zero-order valence-electron chi connectivity index (χ0n) is 17.6. The van der Waals surface area contributed by atoms with Gasteiger partial charge in [0.05, 0.1) is 25.2 Å². The fraction of sp³-hybridized carbons (Fsp3) is 0.300. The van der Waals surface area contributed by atoms with Crippen LogP contribution in [0.1, 0.15) is 19.4 Å². The molecule has 0 aliphatic rings. The normalized spacial score (nSPS) is 10.8. The van der Waals surface area contributed by atoms with E-state index in [9.17, 15) is 18.0 Å². The number of rotatable bonds is 9. The van der Waals surface area contributed by atoms with Crippen LogP contribution in [0.15, 0.2) is 30.7 Å². The molecule has 32 heavy (non-hydrogen) atoms. The van der Waals surface area contributed by atoms with Gasteiger partial charge < -0.3 is 20.7 Å². The van der Waals surface area contributed by atoms with Gasteiger partial charge >= 0.3 is 0 Å². The Morgan fingerprint density at radius 2 is 1.88 bits per heavy atom. The molecule has 1 aromatic carbocycles. The van der Waals surface area contributed by atoms with E-state index >= 15 is 0 Å². The molecule has 2 aromatic heterocycles. The molecule has 1 amide bonds. The lowest BCUT2D eigenvalue weighted by atomic mass is 10.2. The summed E-state index contributed by atoms with van der Waals surface area (Å²) in [4.78, 5) is 19.6. The summed E-state index contributed by atoms with van der Waals surface area (Å²) in [7, 11) is 1.29. The van der Waals surface area contributed by atoms with Crippen LogP contribution in [-0.4, -0.2) is 38.8 Å². The Kier molecular flexibility index (Phi) is 7.13. The zero-order chi connectivity index (χ0) is 23.3. The molecule has 0 atom stereocenters. The molecule has 0 bridgehead atoms. The molecular formula is C20H22F3N7O2. The van der Waals surface area contributed by atoms with Crippen LogP contribution in [0.2, 0.25) is 0 Å². The number of amides is 1. The summed E-state index contributed by atoms with van der Waals surface area (Å²) in [5.74, 6) is -2.86. The van der Waals surface area contributed by atoms with Gasteiger partial charge in [0.25, 0.3) is 0 Å². The van der Waals surface area contributed by atoms with E-state index in [-0.39, 0.29) is 48.1 Å². The number of nitrogens with one attached hydrogen (secondary N) is 3. The highest BCUT2D eigenvalue weighted by Gasteiger charge is 2.14. The Hall–Kier alpha value is -3.83. The van der Waals surface area contributed by atoms with Crippen LogP contribution in [0.4, 0.5) is 30.6 Å². The van der Waals surface area contributed by atoms with Gasteiger partial charge in [-0.05, 0) is 13.8 Å². The maximum absolute atomic E-state index is 14.1. The van der Waals surface area contributed by atoms with Gasteiger partial charge in [-0.25, -0.2) is 18.2 Å². The van der Waals surface area contributed by atoms with E-state index in [0.29, 0.717) is 5.69 Å². The number of hydrogen-bond acceptors (Lipinski definition) is 7. The van der Waals surface area contributed by atoms with Crippen molar-refractivity contribution in [3.63, 3.8) is 0 Å². The van der Waals surface area contributed by atoms with E-state index in [4.69, 9.17) is 4.74 Å². The summed E-state index contributed by atoms with van der Waals surface area (Å²) >= 11 is 0. The summed E-state index contributed by atoms with van der Waals surface area (Å²) in [5, 5.41) is 12.2. The molecule has 0 spiro atoms. The number of methoxy groups -OCH3 is 1. The molecule has 0 saturated carbocycles. The van der Waals surface area contributed by atoms with Gasteiger partial charge in [-0.15, -0.1) is 0 Å². The molecule has 0 fully saturated rings. The number of carbonyl (C=O) groups excluding carboxylic acids is 1. The number of ether oxygens (including phenoxy) is 1. The molecule has 0 aliphatic heterocycles. The van der Waals surface area contributed by atoms with Crippen molar-refractivity contribution in [3.8, 4) is 5.75 Å². The first kappa shape index (κ1) is 22.8. The van der Waals surface area contributed by atoms with Crippen molar-refractivity contribution in [2.24, 2.45) is 0 Å². The summed E-state index contributed by atoms with van der Waals surface area (Å²) in [6.07, 6.45) is 3.92. The van der Waals surface area contributed by atoms with E-state index in [1.807, 2.05) is 13.8 Å². The third-order valence-electron chi connectivity index (χ3n) is 4.17. The lowest BCUT2D eigenvalue weighted by Crippen LogP contribution is -2.33. The highest BCUT2D eigenvalue weighted by atomic mass is 19.1. The number of halogens is 3. The summed E-state index contributed by atoms with van der Waals surface area (Å²) in [5.41, 5.74) is 0.173. The average molecular weight is 449 g/mol. The minimum absolute atomic E-state index is 0.00839. The highest BCUT2D eigenvalue weighted by Crippen LogP contribution is 2.22. The Balaban J connectivity index is 1.67. The van der Waals surface area contributed by atoms with Crippen molar-refractivity contribution < 1.29 is 22.7 Å². The van der Waals surface area contributed by atoms with E-state index < -0.39 is 17.5 Å². The Morgan fingerprint density at radius 1 is 1.16 bits per heavy atom. The van der Waals surface area contributed by atoms with Crippen LogP contribution >= 0.6 is 0 Å². The number of benzene rings is 1. The molecule has 170 valence electrons. The second kappa shape index (κ2) is 9.98. The molecule has 9 nitrogen and oxygen atoms in total. The zero-order valence-corrected chi connectivity index (χ0v) is 17.6. The van der Waals surface area contributed by atoms with Crippen LogP contribution in [0.5, 0.6) is 5.75 Å². The summed E-state index contributed by atoms with van der Waals surface area (Å²) in [6, 6.07) is 2.07. The molecule has 2 heterocycles. The van der Waals surface area contributed by atoms with Gasteiger partial charge in [0.2, 0.25) is 11.9 Å². The van der Waals surface area contributed by atoms with Crippen molar-refractivity contribution in [2.45, 2.75) is 33.0 Å². The van der Waals surface area contributed by atoms with Gasteiger partial charge in [0.1, 0.15) is 23.9 Å². The molecule has 0 saturated heterocycles. The highest BCUT2D eigenvalue weighted by molar-refractivity contribution is 5.76. The molecule has 3 rings (SSSR count). The van der Waals surface area contributed by atoms with Crippen LogP contribution in [0.3, 0.4) is 0 Å². The second-order valence-electron chi connectivity index (χ2n) is 7.09. The maximum Gasteiger partial charge on any atom is 0.241 e. The van der Waals surface area contributed by atoms with E-state index in [0.717, 1.165) is 18.3 Å². The fourth-order valence-corrected chi connectivity index (χ4v) is 2.75. The van der Waals surface area contributed by atoms with E-state index in [2.05, 4.69) is 31.0 Å². The smallest absolute Gasteiger partial charge is 0.241 e. The van der Waals surface area contributed by atoms with Crippen molar-refractivity contribution in [1.29, 1.82) is 0 Å². The van der Waals surface area contributed by atoms with Gasteiger partial charge in [0, 0.05) is 36.5 Å². The molecule has 0 radical (unpaired) electrons. The Morgan fingerprint density at radius 3 is 2.53 bits per heavy atom. The Labute approximate surface area is 182 Å². The third-order valence-corrected chi connectivity index (χ3v) is 4.17. The SMILES string of the molecule is COc1cc(F)c(CNc2nc(Nc3cnn(CC(=O)NC(C)C)c3)ncc2F)c(F)c1. The first-order valence-electron chi connectivity index (χ1n) is 9.62. The number of hydrogen-bond donors (Lipinski definition) is 3. The van der Waals surface area contributed by atoms with Crippen LogP contribution in [0.25, 0.3) is 0 Å². The third kappa shape index (κ3) is 5.86. The summed E-state index contributed by atoms with van der Waals surface area (Å²) < 4.78 is 48.5. The lowest BCUT2D eigenvalue weighted by molar-refractivity contribution is -0.122. The number of nitrogens with zero attached hydrogens (tertiary/aromatic N) is 4. The first-order chi connectivity index (χ1) is 15.2. The van der Waals surface area contributed by atoms with Gasteiger partial charge in [0.15, 0.2) is 11.6 Å². The van der Waals surface area contributed by atoms with Crippen LogP contribution in [0, 0.1) is 17.5 Å². The van der Waals surface area contributed by atoms with E-state index in [1.165, 1.54) is 18.0 Å². The molecule has 0 unspecified atom stereocenters. The first-order valence-corrected chi connectivity index (χ1v) is 9.62. The molecule has 12 heteroatoms. The topological polar surface area (TPSA) is 106 Å². The quantitative estimate of drug-likeness (QED) is 0.461. The predicted molar refractivity (Wildman–Crippen MR) is 111 cm³/mol. The van der Waals surface area contributed by atoms with Gasteiger partial charge in [-0.1, -0.05) is 0 Å². The Bertz CT molecular complexity index is 1080.